The van der Waals surface area contributed by atoms with Gasteiger partial charge in [-0.2, -0.15) is 10.4 Å². The molecule has 0 saturated heterocycles. The maximum Gasteiger partial charge on any atom is 0.262 e. The van der Waals surface area contributed by atoms with Crippen molar-refractivity contribution in [3.8, 4) is 28.8 Å². The van der Waals surface area contributed by atoms with Crippen LogP contribution in [0.15, 0.2) is 96.7 Å². The quantitative estimate of drug-likeness (QED) is 0.306. The predicted molar refractivity (Wildman–Crippen MR) is 132 cm³/mol. The van der Waals surface area contributed by atoms with E-state index in [4.69, 9.17) is 9.84 Å². The highest BCUT2D eigenvalue weighted by molar-refractivity contribution is 6.02. The van der Waals surface area contributed by atoms with Crippen LogP contribution in [0.25, 0.3) is 23.0 Å². The molecular weight excluding hydrogens is 424 g/mol. The lowest BCUT2D eigenvalue weighted by Crippen LogP contribution is -2.27. The molecule has 0 radical (unpaired) electrons. The van der Waals surface area contributed by atoms with Gasteiger partial charge in [-0.15, -0.1) is 0 Å². The average Bonchev–Trinajstić information content (AvgIpc) is 3.32. The molecule has 1 amide bonds. The van der Waals surface area contributed by atoms with Gasteiger partial charge in [0.15, 0.2) is 0 Å². The first-order valence-electron chi connectivity index (χ1n) is 10.9. The number of hydrogen-bond acceptors (Lipinski definition) is 4. The van der Waals surface area contributed by atoms with E-state index in [1.807, 2.05) is 104 Å². The number of amides is 1. The van der Waals surface area contributed by atoms with Gasteiger partial charge in [0.05, 0.1) is 24.5 Å². The van der Waals surface area contributed by atoms with Crippen LogP contribution in [0.3, 0.4) is 0 Å². The van der Waals surface area contributed by atoms with Crippen LogP contribution < -0.4 is 10.1 Å². The molecule has 0 aliphatic heterocycles. The second-order valence-electron chi connectivity index (χ2n) is 7.72. The van der Waals surface area contributed by atoms with Crippen LogP contribution in [-0.4, -0.2) is 22.8 Å². The van der Waals surface area contributed by atoms with Crippen molar-refractivity contribution in [2.24, 2.45) is 0 Å². The number of hydrogen-bond donors (Lipinski definition) is 1. The molecule has 6 nitrogen and oxygen atoms in total. The van der Waals surface area contributed by atoms with Crippen LogP contribution in [0.4, 0.5) is 0 Å². The molecule has 1 heterocycles. The van der Waals surface area contributed by atoms with Gasteiger partial charge in [-0.1, -0.05) is 48.5 Å². The molecule has 4 aromatic rings. The second kappa shape index (κ2) is 10.3. The smallest absolute Gasteiger partial charge is 0.262 e. The van der Waals surface area contributed by atoms with E-state index >= 15 is 0 Å². The molecule has 3 aromatic carbocycles. The molecule has 4 rings (SSSR count). The lowest BCUT2D eigenvalue weighted by Gasteiger charge is -2.13. The fourth-order valence-electron chi connectivity index (χ4n) is 3.58. The van der Waals surface area contributed by atoms with E-state index in [9.17, 15) is 10.1 Å². The molecule has 34 heavy (non-hydrogen) atoms. The SMILES string of the molecule is COc1ccc(-c2nn(-c3ccccc3)cc2/C=C(\C#N)C(=O)NC(C)c2ccccc2)cc1. The number of rotatable bonds is 7. The minimum absolute atomic E-state index is 0.00477. The first-order valence-corrected chi connectivity index (χ1v) is 10.9. The Balaban J connectivity index is 1.71. The Kier molecular flexibility index (Phi) is 6.85. The first-order chi connectivity index (χ1) is 16.6. The number of methoxy groups -OCH3 is 1. The summed E-state index contributed by atoms with van der Waals surface area (Å²) in [4.78, 5) is 12.9. The molecule has 168 valence electrons. The largest absolute Gasteiger partial charge is 0.497 e. The van der Waals surface area contributed by atoms with Gasteiger partial charge in [0.25, 0.3) is 5.91 Å². The van der Waals surface area contributed by atoms with Crippen LogP contribution in [0.1, 0.15) is 24.1 Å². The third-order valence-electron chi connectivity index (χ3n) is 5.44. The van der Waals surface area contributed by atoms with E-state index in [0.717, 1.165) is 22.6 Å². The first kappa shape index (κ1) is 22.6. The molecule has 0 spiro atoms. The Morgan fingerprint density at radius 3 is 2.29 bits per heavy atom. The average molecular weight is 449 g/mol. The van der Waals surface area contributed by atoms with Crippen LogP contribution in [0.5, 0.6) is 5.75 Å². The Labute approximate surface area is 198 Å². The van der Waals surface area contributed by atoms with Crippen molar-refractivity contribution in [3.63, 3.8) is 0 Å². The second-order valence-corrected chi connectivity index (χ2v) is 7.72. The highest BCUT2D eigenvalue weighted by Crippen LogP contribution is 2.27. The number of carbonyl (C=O) groups excluding carboxylic acids is 1. The topological polar surface area (TPSA) is 79.9 Å². The van der Waals surface area contributed by atoms with Crippen LogP contribution in [-0.2, 0) is 4.79 Å². The monoisotopic (exact) mass is 448 g/mol. The number of nitrogens with zero attached hydrogens (tertiary/aromatic N) is 3. The van der Waals surface area contributed by atoms with E-state index in [1.165, 1.54) is 0 Å². The van der Waals surface area contributed by atoms with E-state index in [0.29, 0.717) is 11.3 Å². The summed E-state index contributed by atoms with van der Waals surface area (Å²) in [7, 11) is 1.61. The van der Waals surface area contributed by atoms with Crippen molar-refractivity contribution in [1.29, 1.82) is 5.26 Å². The Morgan fingerprint density at radius 2 is 1.68 bits per heavy atom. The summed E-state index contributed by atoms with van der Waals surface area (Å²) in [5.41, 5.74) is 4.00. The third kappa shape index (κ3) is 5.05. The fraction of sp³-hybridized carbons (Fsp3) is 0.107. The number of aromatic nitrogens is 2. The van der Waals surface area contributed by atoms with E-state index < -0.39 is 5.91 Å². The van der Waals surface area contributed by atoms with Gasteiger partial charge in [0.1, 0.15) is 17.4 Å². The summed E-state index contributed by atoms with van der Waals surface area (Å²) in [6.07, 6.45) is 3.40. The zero-order valence-corrected chi connectivity index (χ0v) is 19.0. The Hall–Kier alpha value is -4.63. The third-order valence-corrected chi connectivity index (χ3v) is 5.44. The summed E-state index contributed by atoms with van der Waals surface area (Å²) in [5.74, 6) is 0.294. The van der Waals surface area contributed by atoms with Gasteiger partial charge in [-0.25, -0.2) is 4.68 Å². The van der Waals surface area contributed by atoms with Crippen molar-refractivity contribution in [3.05, 3.63) is 108 Å². The number of nitrogens with one attached hydrogen (secondary N) is 1. The summed E-state index contributed by atoms with van der Waals surface area (Å²) in [6.45, 7) is 1.89. The molecule has 1 atom stereocenters. The molecule has 1 N–H and O–H groups in total. The highest BCUT2D eigenvalue weighted by atomic mass is 16.5. The molecule has 6 heteroatoms. The zero-order chi connectivity index (χ0) is 23.9. The minimum Gasteiger partial charge on any atom is -0.497 e. The maximum absolute atomic E-state index is 12.9. The van der Waals surface area contributed by atoms with Gasteiger partial charge in [0, 0.05) is 17.3 Å². The summed E-state index contributed by atoms with van der Waals surface area (Å²) in [5, 5.41) is 17.4. The molecule has 0 fully saturated rings. The Morgan fingerprint density at radius 1 is 1.03 bits per heavy atom. The highest BCUT2D eigenvalue weighted by Gasteiger charge is 2.17. The number of para-hydroxylation sites is 1. The summed E-state index contributed by atoms with van der Waals surface area (Å²) >= 11 is 0. The van der Waals surface area contributed by atoms with Crippen molar-refractivity contribution in [2.45, 2.75) is 13.0 Å². The molecule has 1 aromatic heterocycles. The van der Waals surface area contributed by atoms with Crippen LogP contribution in [0, 0.1) is 11.3 Å². The zero-order valence-electron chi connectivity index (χ0n) is 19.0. The predicted octanol–water partition coefficient (Wildman–Crippen LogP) is 5.33. The van der Waals surface area contributed by atoms with E-state index in [2.05, 4.69) is 5.32 Å². The molecular formula is C28H24N4O2. The van der Waals surface area contributed by atoms with Crippen molar-refractivity contribution in [2.75, 3.05) is 7.11 Å². The normalized spacial score (nSPS) is 12.0. The molecule has 0 aliphatic carbocycles. The molecule has 0 bridgehead atoms. The maximum atomic E-state index is 12.9. The van der Waals surface area contributed by atoms with Crippen molar-refractivity contribution < 1.29 is 9.53 Å². The summed E-state index contributed by atoms with van der Waals surface area (Å²) < 4.78 is 7.00. The van der Waals surface area contributed by atoms with Crippen molar-refractivity contribution in [1.82, 2.24) is 15.1 Å². The van der Waals surface area contributed by atoms with Gasteiger partial charge in [0.2, 0.25) is 0 Å². The molecule has 0 aliphatic rings. The number of nitriles is 1. The van der Waals surface area contributed by atoms with Crippen LogP contribution >= 0.6 is 0 Å². The van der Waals surface area contributed by atoms with Gasteiger partial charge < -0.3 is 10.1 Å². The number of carbonyl (C=O) groups is 1. The minimum atomic E-state index is -0.438. The van der Waals surface area contributed by atoms with Gasteiger partial charge in [-0.3, -0.25) is 4.79 Å². The fourth-order valence-corrected chi connectivity index (χ4v) is 3.58. The Bertz CT molecular complexity index is 1330. The standard InChI is InChI=1S/C28H24N4O2/c1-20(21-9-5-3-6-10-21)30-28(33)23(18-29)17-24-19-32(25-11-7-4-8-12-25)31-27(24)22-13-15-26(34-2)16-14-22/h3-17,19-20H,1-2H3,(H,30,33)/b23-17+. The lowest BCUT2D eigenvalue weighted by molar-refractivity contribution is -0.117. The van der Waals surface area contributed by atoms with Crippen molar-refractivity contribution >= 4 is 12.0 Å². The lowest BCUT2D eigenvalue weighted by atomic mass is 10.0. The summed E-state index contributed by atoms with van der Waals surface area (Å²) in [6, 6.07) is 28.6. The number of ether oxygens (including phenoxy) is 1. The van der Waals surface area contributed by atoms with E-state index in [-0.39, 0.29) is 11.6 Å². The van der Waals surface area contributed by atoms with E-state index in [1.54, 1.807) is 17.9 Å². The van der Waals surface area contributed by atoms with Gasteiger partial charge in [-0.05, 0) is 55.0 Å². The number of benzene rings is 3. The molecule has 0 saturated carbocycles. The molecule has 1 unspecified atom stereocenters. The van der Waals surface area contributed by atoms with Gasteiger partial charge >= 0.3 is 0 Å². The van der Waals surface area contributed by atoms with Crippen LogP contribution in [0.2, 0.25) is 0 Å².